The van der Waals surface area contributed by atoms with E-state index >= 15 is 0 Å². The average Bonchev–Trinajstić information content (AvgIpc) is 2.29. The second-order valence-electron chi connectivity index (χ2n) is 3.95. The highest BCUT2D eigenvalue weighted by atomic mass is 15.2. The van der Waals surface area contributed by atoms with Crippen LogP contribution in [0.25, 0.3) is 0 Å². The third-order valence-corrected chi connectivity index (χ3v) is 2.97. The maximum Gasteiger partial charge on any atom is 0.185 e. The van der Waals surface area contributed by atoms with Crippen LogP contribution >= 0.6 is 0 Å². The first-order valence-corrected chi connectivity index (χ1v) is 5.16. The molecule has 0 bridgehead atoms. The number of hydrogen-bond donors (Lipinski definition) is 0. The largest absolute Gasteiger partial charge is 0.348 e. The Balaban J connectivity index is 2.35. The minimum atomic E-state index is 0.775. The standard InChI is InChI=1S/C9H21BN2/c1-3-9(2)11-5-4-6-12(10)8-7-11/h9H,3-8,10H2,1-2H3. The van der Waals surface area contributed by atoms with Gasteiger partial charge in [-0.15, -0.1) is 0 Å². The van der Waals surface area contributed by atoms with Crippen molar-refractivity contribution in [3.8, 4) is 0 Å². The van der Waals surface area contributed by atoms with Crippen LogP contribution in [0.3, 0.4) is 0 Å². The van der Waals surface area contributed by atoms with E-state index < -0.39 is 0 Å². The van der Waals surface area contributed by atoms with Gasteiger partial charge in [0.15, 0.2) is 7.98 Å². The molecule has 0 aromatic heterocycles. The number of hydrogen-bond acceptors (Lipinski definition) is 2. The Hall–Kier alpha value is -0.0151. The lowest BCUT2D eigenvalue weighted by atomic mass is 10.2. The van der Waals surface area contributed by atoms with Gasteiger partial charge in [0, 0.05) is 12.6 Å². The molecule has 1 atom stereocenters. The Morgan fingerprint density at radius 2 is 2.00 bits per heavy atom. The Labute approximate surface area is 77.3 Å². The summed E-state index contributed by atoms with van der Waals surface area (Å²) in [6.07, 6.45) is 2.62. The third kappa shape index (κ3) is 2.79. The van der Waals surface area contributed by atoms with Crippen LogP contribution in [0.1, 0.15) is 26.7 Å². The van der Waals surface area contributed by atoms with Crippen LogP contribution in [-0.2, 0) is 0 Å². The van der Waals surface area contributed by atoms with E-state index in [9.17, 15) is 0 Å². The molecule has 1 aliphatic heterocycles. The van der Waals surface area contributed by atoms with Gasteiger partial charge >= 0.3 is 0 Å². The van der Waals surface area contributed by atoms with Crippen LogP contribution in [0.5, 0.6) is 0 Å². The maximum atomic E-state index is 2.61. The summed E-state index contributed by atoms with van der Waals surface area (Å²) in [6, 6.07) is 0.775. The molecule has 12 heavy (non-hydrogen) atoms. The topological polar surface area (TPSA) is 6.48 Å². The minimum Gasteiger partial charge on any atom is -0.348 e. The van der Waals surface area contributed by atoms with Gasteiger partial charge in [-0.25, -0.2) is 0 Å². The molecular weight excluding hydrogens is 147 g/mol. The molecule has 1 aliphatic rings. The lowest BCUT2D eigenvalue weighted by Crippen LogP contribution is -2.35. The van der Waals surface area contributed by atoms with Crippen molar-refractivity contribution in [2.75, 3.05) is 26.2 Å². The molecule has 1 fully saturated rings. The van der Waals surface area contributed by atoms with Crippen molar-refractivity contribution in [1.29, 1.82) is 0 Å². The summed E-state index contributed by atoms with van der Waals surface area (Å²) in [6.45, 7) is 9.67. The lowest BCUT2D eigenvalue weighted by molar-refractivity contribution is 0.215. The van der Waals surface area contributed by atoms with E-state index in [4.69, 9.17) is 0 Å². The molecular formula is C9H21BN2. The first kappa shape index (κ1) is 10.1. The van der Waals surface area contributed by atoms with Gasteiger partial charge in [0.1, 0.15) is 0 Å². The molecule has 0 N–H and O–H groups in total. The minimum absolute atomic E-state index is 0.775. The van der Waals surface area contributed by atoms with E-state index in [-0.39, 0.29) is 0 Å². The Morgan fingerprint density at radius 3 is 2.67 bits per heavy atom. The molecule has 1 saturated heterocycles. The molecule has 1 rings (SSSR count). The fraction of sp³-hybridized carbons (Fsp3) is 1.00. The molecule has 0 amide bonds. The van der Waals surface area contributed by atoms with Gasteiger partial charge < -0.3 is 4.81 Å². The molecule has 2 nitrogen and oxygen atoms in total. The van der Waals surface area contributed by atoms with Crippen molar-refractivity contribution in [3.63, 3.8) is 0 Å². The highest BCUT2D eigenvalue weighted by Gasteiger charge is 2.15. The molecule has 1 heterocycles. The van der Waals surface area contributed by atoms with Gasteiger partial charge in [0.25, 0.3) is 0 Å². The molecule has 3 heteroatoms. The van der Waals surface area contributed by atoms with Crippen LogP contribution < -0.4 is 0 Å². The molecule has 0 aliphatic carbocycles. The normalized spacial score (nSPS) is 25.2. The van der Waals surface area contributed by atoms with Crippen molar-refractivity contribution in [3.05, 3.63) is 0 Å². The van der Waals surface area contributed by atoms with Crippen LogP contribution in [0.4, 0.5) is 0 Å². The van der Waals surface area contributed by atoms with Crippen molar-refractivity contribution in [2.24, 2.45) is 0 Å². The van der Waals surface area contributed by atoms with Gasteiger partial charge in [0.05, 0.1) is 0 Å². The van der Waals surface area contributed by atoms with Crippen LogP contribution in [-0.4, -0.2) is 49.9 Å². The summed E-state index contributed by atoms with van der Waals surface area (Å²) in [5.41, 5.74) is 0. The van der Waals surface area contributed by atoms with Gasteiger partial charge in [-0.05, 0) is 39.4 Å². The van der Waals surface area contributed by atoms with Gasteiger partial charge in [0.2, 0.25) is 0 Å². The van der Waals surface area contributed by atoms with Gasteiger partial charge in [-0.1, -0.05) is 6.92 Å². The quantitative estimate of drug-likeness (QED) is 0.548. The molecule has 1 unspecified atom stereocenters. The van der Waals surface area contributed by atoms with E-state index in [1.54, 1.807) is 0 Å². The van der Waals surface area contributed by atoms with Crippen LogP contribution in [0.2, 0.25) is 0 Å². The highest BCUT2D eigenvalue weighted by Crippen LogP contribution is 2.07. The van der Waals surface area contributed by atoms with Crippen LogP contribution in [0.15, 0.2) is 0 Å². The summed E-state index contributed by atoms with van der Waals surface area (Å²) in [5, 5.41) is 0. The fourth-order valence-corrected chi connectivity index (χ4v) is 1.77. The second-order valence-corrected chi connectivity index (χ2v) is 3.95. The number of nitrogens with zero attached hydrogens (tertiary/aromatic N) is 2. The predicted octanol–water partition coefficient (Wildman–Crippen LogP) is 0.341. The Bertz CT molecular complexity index is 130. The van der Waals surface area contributed by atoms with E-state index in [0.717, 1.165) is 6.04 Å². The summed E-state index contributed by atoms with van der Waals surface area (Å²) < 4.78 is 0. The fourth-order valence-electron chi connectivity index (χ4n) is 1.77. The lowest BCUT2D eigenvalue weighted by Gasteiger charge is -2.26. The molecule has 0 aromatic carbocycles. The van der Waals surface area contributed by atoms with E-state index in [0.29, 0.717) is 0 Å². The smallest absolute Gasteiger partial charge is 0.185 e. The van der Waals surface area contributed by atoms with Gasteiger partial charge in [-0.2, -0.15) is 0 Å². The van der Waals surface area contributed by atoms with E-state index in [1.165, 1.54) is 39.0 Å². The molecule has 0 saturated carbocycles. The third-order valence-electron chi connectivity index (χ3n) is 2.97. The van der Waals surface area contributed by atoms with Crippen molar-refractivity contribution >= 4 is 7.98 Å². The predicted molar refractivity (Wildman–Crippen MR) is 56.1 cm³/mol. The molecule has 70 valence electrons. The summed E-state index contributed by atoms with van der Waals surface area (Å²) in [5.74, 6) is 0. The second kappa shape index (κ2) is 4.88. The van der Waals surface area contributed by atoms with Gasteiger partial charge in [-0.3, -0.25) is 4.90 Å². The average molecular weight is 168 g/mol. The first-order chi connectivity index (χ1) is 5.74. The summed E-state index contributed by atoms with van der Waals surface area (Å²) in [7, 11) is 2.22. The van der Waals surface area contributed by atoms with Crippen LogP contribution in [0, 0.1) is 0 Å². The monoisotopic (exact) mass is 168 g/mol. The SMILES string of the molecule is BN1CCCN(C(C)CC)CC1. The number of rotatable bonds is 2. The Morgan fingerprint density at radius 1 is 1.25 bits per heavy atom. The highest BCUT2D eigenvalue weighted by molar-refractivity contribution is 6.04. The van der Waals surface area contributed by atoms with Crippen molar-refractivity contribution < 1.29 is 0 Å². The molecule has 0 radical (unpaired) electrons. The summed E-state index contributed by atoms with van der Waals surface area (Å²) in [4.78, 5) is 5.05. The summed E-state index contributed by atoms with van der Waals surface area (Å²) >= 11 is 0. The zero-order chi connectivity index (χ0) is 8.97. The molecule has 0 aromatic rings. The van der Waals surface area contributed by atoms with Crippen molar-refractivity contribution in [1.82, 2.24) is 9.71 Å². The first-order valence-electron chi connectivity index (χ1n) is 5.16. The van der Waals surface area contributed by atoms with Crippen molar-refractivity contribution in [2.45, 2.75) is 32.7 Å². The maximum absolute atomic E-state index is 2.61. The van der Waals surface area contributed by atoms with E-state index in [2.05, 4.69) is 31.5 Å². The van der Waals surface area contributed by atoms with E-state index in [1.807, 2.05) is 0 Å². The zero-order valence-corrected chi connectivity index (χ0v) is 8.71. The zero-order valence-electron chi connectivity index (χ0n) is 8.71. The Kier molecular flexibility index (Phi) is 4.09. The molecule has 0 spiro atoms.